The molecule has 0 radical (unpaired) electrons. The fraction of sp³-hybridized carbons (Fsp3) is 0.0833. The van der Waals surface area contributed by atoms with Crippen molar-refractivity contribution in [3.05, 3.63) is 160 Å². The van der Waals surface area contributed by atoms with Gasteiger partial charge in [-0.2, -0.15) is 0 Å². The molecule has 0 aliphatic carbocycles. The van der Waals surface area contributed by atoms with Crippen molar-refractivity contribution in [2.45, 2.75) is 19.5 Å². The molecule has 0 amide bonds. The van der Waals surface area contributed by atoms with Gasteiger partial charge >= 0.3 is 5.63 Å². The lowest BCUT2D eigenvalue weighted by molar-refractivity contribution is -0.664. The molecule has 0 fully saturated rings. The van der Waals surface area contributed by atoms with E-state index in [1.807, 2.05) is 133 Å². The first-order chi connectivity index (χ1) is 20.1. The van der Waals surface area contributed by atoms with E-state index in [2.05, 4.69) is 4.57 Å². The highest BCUT2D eigenvalue weighted by atomic mass is 79.9. The van der Waals surface area contributed by atoms with Crippen LogP contribution in [0, 0.1) is 6.92 Å². The van der Waals surface area contributed by atoms with Gasteiger partial charge in [0.05, 0.1) is 5.56 Å². The Hall–Kier alpha value is -4.81. The number of fused-ring (bicyclic) bond motifs is 3. The molecule has 0 saturated heterocycles. The smallest absolute Gasteiger partial charge is 0.344 e. The Labute approximate surface area is 253 Å². The van der Waals surface area contributed by atoms with Gasteiger partial charge < -0.3 is 21.4 Å². The van der Waals surface area contributed by atoms with Gasteiger partial charge in [-0.15, -0.1) is 0 Å². The first-order valence-corrected chi connectivity index (χ1v) is 13.7. The average Bonchev–Trinajstić information content (AvgIpc) is 3.28. The molecule has 0 bridgehead atoms. The van der Waals surface area contributed by atoms with Crippen molar-refractivity contribution in [3.8, 4) is 0 Å². The zero-order valence-corrected chi connectivity index (χ0v) is 24.5. The predicted octanol–water partition coefficient (Wildman–Crippen LogP) is 4.02. The Morgan fingerprint density at radius 2 is 1.43 bits per heavy atom. The van der Waals surface area contributed by atoms with E-state index in [1.165, 1.54) is 0 Å². The van der Waals surface area contributed by atoms with Gasteiger partial charge in [0.1, 0.15) is 5.58 Å². The topological polar surface area (TPSA) is 56.1 Å². The number of nitrogens with zero attached hydrogens (tertiary/aromatic N) is 2. The summed E-state index contributed by atoms with van der Waals surface area (Å²) in [5.41, 5.74) is 4.18. The number of hydrogen-bond acceptors (Lipinski definition) is 3. The summed E-state index contributed by atoms with van der Waals surface area (Å²) in [6, 6.07) is 40.9. The number of imidazole rings is 1. The molecule has 1 unspecified atom stereocenters. The van der Waals surface area contributed by atoms with Crippen LogP contribution in [0.25, 0.3) is 32.8 Å². The molecule has 5 nitrogen and oxygen atoms in total. The fourth-order valence-electron chi connectivity index (χ4n) is 5.87. The van der Waals surface area contributed by atoms with E-state index in [-0.39, 0.29) is 34.9 Å². The molecule has 2 aromatic heterocycles. The molecule has 0 aliphatic rings. The van der Waals surface area contributed by atoms with Crippen LogP contribution >= 0.6 is 0 Å². The fourth-order valence-corrected chi connectivity index (χ4v) is 5.87. The molecule has 6 heteroatoms. The summed E-state index contributed by atoms with van der Waals surface area (Å²) in [5.74, 6) is 0.884. The van der Waals surface area contributed by atoms with Gasteiger partial charge in [-0.25, -0.2) is 13.9 Å². The maximum atomic E-state index is 13.7. The van der Waals surface area contributed by atoms with Crippen LogP contribution < -0.4 is 27.2 Å². The highest BCUT2D eigenvalue weighted by molar-refractivity contribution is 5.99. The zero-order chi connectivity index (χ0) is 27.9. The summed E-state index contributed by atoms with van der Waals surface area (Å²) in [6.45, 7) is 2.18. The summed E-state index contributed by atoms with van der Waals surface area (Å²) in [4.78, 5) is 27.2. The number of ketones is 1. The highest BCUT2D eigenvalue weighted by Gasteiger charge is 2.33. The molecule has 42 heavy (non-hydrogen) atoms. The Morgan fingerprint density at radius 3 is 2.24 bits per heavy atom. The van der Waals surface area contributed by atoms with Gasteiger partial charge in [0.25, 0.3) is 5.82 Å². The molecular formula is C36H27BrN2O3. The number of hydrogen-bond donors (Lipinski definition) is 0. The van der Waals surface area contributed by atoms with Gasteiger partial charge in [0.15, 0.2) is 23.6 Å². The molecule has 2 heterocycles. The van der Waals surface area contributed by atoms with E-state index in [0.717, 1.165) is 38.6 Å². The van der Waals surface area contributed by atoms with Crippen molar-refractivity contribution in [3.63, 3.8) is 0 Å². The largest absolute Gasteiger partial charge is 1.00 e. The van der Waals surface area contributed by atoms with E-state index < -0.39 is 6.04 Å². The van der Waals surface area contributed by atoms with Crippen molar-refractivity contribution in [1.29, 1.82) is 0 Å². The number of benzene rings is 5. The molecule has 7 aromatic rings. The van der Waals surface area contributed by atoms with Crippen LogP contribution in [0.15, 0.2) is 137 Å². The van der Waals surface area contributed by atoms with Crippen molar-refractivity contribution >= 4 is 38.6 Å². The molecule has 206 valence electrons. The monoisotopic (exact) mass is 614 g/mol. The van der Waals surface area contributed by atoms with Crippen LogP contribution in [0.1, 0.15) is 33.4 Å². The van der Waals surface area contributed by atoms with Crippen molar-refractivity contribution in [2.24, 2.45) is 0 Å². The summed E-state index contributed by atoms with van der Waals surface area (Å²) < 4.78 is 10.0. The van der Waals surface area contributed by atoms with Gasteiger partial charge in [-0.1, -0.05) is 97.1 Å². The molecule has 7 rings (SSSR count). The maximum Gasteiger partial charge on any atom is 0.344 e. The molecule has 0 aliphatic heterocycles. The summed E-state index contributed by atoms with van der Waals surface area (Å²) in [6.07, 6.45) is 0. The predicted molar refractivity (Wildman–Crippen MR) is 161 cm³/mol. The van der Waals surface area contributed by atoms with E-state index in [9.17, 15) is 9.59 Å². The number of Topliss-reactive ketones (excluding diaryl/α,β-unsaturated/α-hetero) is 1. The Balaban J connectivity index is 0.00000316. The molecular weight excluding hydrogens is 588 g/mol. The Kier molecular flexibility index (Phi) is 7.31. The summed E-state index contributed by atoms with van der Waals surface area (Å²) in [7, 11) is 0. The molecule has 1 atom stereocenters. The number of carbonyl (C=O) groups excluding carboxylic acids is 1. The van der Waals surface area contributed by atoms with Crippen LogP contribution in [0.3, 0.4) is 0 Å². The lowest BCUT2D eigenvalue weighted by Crippen LogP contribution is -3.00. The number of aromatic nitrogens is 2. The Bertz CT molecular complexity index is 2150. The third kappa shape index (κ3) is 4.74. The molecule has 5 aromatic carbocycles. The summed E-state index contributed by atoms with van der Waals surface area (Å²) >= 11 is 0. The van der Waals surface area contributed by atoms with Crippen LogP contribution in [0.4, 0.5) is 0 Å². The number of halogens is 1. The van der Waals surface area contributed by atoms with E-state index >= 15 is 0 Å². The number of para-hydroxylation sites is 3. The van der Waals surface area contributed by atoms with Gasteiger partial charge in [-0.3, -0.25) is 4.79 Å². The normalized spacial score (nSPS) is 11.9. The third-order valence-electron chi connectivity index (χ3n) is 7.88. The average molecular weight is 616 g/mol. The Morgan fingerprint density at radius 1 is 0.762 bits per heavy atom. The van der Waals surface area contributed by atoms with Crippen LogP contribution in [0.5, 0.6) is 0 Å². The van der Waals surface area contributed by atoms with Gasteiger partial charge in [0, 0.05) is 23.4 Å². The summed E-state index contributed by atoms with van der Waals surface area (Å²) in [5, 5.41) is 3.00. The lowest BCUT2D eigenvalue weighted by atomic mass is 9.98. The molecule has 0 N–H and O–H groups in total. The van der Waals surface area contributed by atoms with Crippen molar-refractivity contribution < 1.29 is 30.8 Å². The van der Waals surface area contributed by atoms with Crippen LogP contribution in [-0.4, -0.2) is 10.4 Å². The highest BCUT2D eigenvalue weighted by Crippen LogP contribution is 2.31. The second kappa shape index (κ2) is 11.2. The first-order valence-electron chi connectivity index (χ1n) is 13.7. The quantitative estimate of drug-likeness (QED) is 0.162. The van der Waals surface area contributed by atoms with Gasteiger partial charge in [-0.05, 0) is 41.1 Å². The van der Waals surface area contributed by atoms with E-state index in [1.54, 1.807) is 6.07 Å². The third-order valence-corrected chi connectivity index (χ3v) is 7.88. The SMILES string of the molecule is Cc1n(C(c2ccccc2)c2cc3ccccc3oc2=O)c2ccccc2[n+]1CC(=O)c1ccc2ccccc2c1.[Br-]. The second-order valence-electron chi connectivity index (χ2n) is 10.3. The minimum Gasteiger partial charge on any atom is -1.00 e. The minimum absolute atomic E-state index is 0. The maximum absolute atomic E-state index is 13.7. The van der Waals surface area contributed by atoms with E-state index in [4.69, 9.17) is 4.42 Å². The van der Waals surface area contributed by atoms with Gasteiger partial charge in [0.2, 0.25) is 5.78 Å². The second-order valence-corrected chi connectivity index (χ2v) is 10.3. The van der Waals surface area contributed by atoms with E-state index in [0.29, 0.717) is 16.7 Å². The molecule has 0 saturated carbocycles. The number of rotatable bonds is 6. The molecule has 0 spiro atoms. The van der Waals surface area contributed by atoms with Crippen molar-refractivity contribution in [2.75, 3.05) is 0 Å². The van der Waals surface area contributed by atoms with Crippen LogP contribution in [-0.2, 0) is 6.54 Å². The first kappa shape index (κ1) is 27.4. The minimum atomic E-state index is -0.459. The standard InChI is InChI=1S/C36H27N2O3.BrH/c1-24-37(23-33(39)28-20-19-25-11-5-6-14-27(25)21-28)31-16-8-9-17-32(31)38(24)35(26-12-3-2-4-13-26)30-22-29-15-7-10-18-34(29)41-36(30)40;/h2-22,35H,23H2,1H3;1H/q+1;/p-1. The van der Waals surface area contributed by atoms with Crippen molar-refractivity contribution in [1.82, 2.24) is 4.57 Å². The lowest BCUT2D eigenvalue weighted by Gasteiger charge is -2.16. The van der Waals surface area contributed by atoms with Crippen LogP contribution in [0.2, 0.25) is 0 Å². The number of carbonyl (C=O) groups is 1. The zero-order valence-electron chi connectivity index (χ0n) is 22.9.